The zero-order valence-electron chi connectivity index (χ0n) is 52.0. The Balaban J connectivity index is 0.000000161. The molecule has 8 bridgehead atoms. The summed E-state index contributed by atoms with van der Waals surface area (Å²) in [5.41, 5.74) is -2.73. The summed E-state index contributed by atoms with van der Waals surface area (Å²) in [7, 11) is -15.5. The number of alkyl halides is 7. The second-order valence-electron chi connectivity index (χ2n) is 27.6. The van der Waals surface area contributed by atoms with E-state index in [1.807, 2.05) is 6.92 Å². The first-order valence-electron chi connectivity index (χ1n) is 31.7. The predicted octanol–water partition coefficient (Wildman–Crippen LogP) is 15.1. The van der Waals surface area contributed by atoms with E-state index in [1.54, 1.807) is 116 Å². The third-order valence-electron chi connectivity index (χ3n) is 20.5. The summed E-state index contributed by atoms with van der Waals surface area (Å²) < 4.78 is 183. The standard InChI is InChI=1S/C35H40F2O4S.C21H17F3O2S.C16H26F2O4S/c1-25-12-14-31(15-13-25)35(29-8-4-2-5-9-29,30-10-6-3-7-11-30)42(39,40)34(36,37)24-41-23-32(38)22-33-19-26-16-27(20-33)18-28(17-26)21-33;1-16-12-14-19(15-13-16)20(17-8-4-2-5-9-17,18-10-6-3-7-11-18)27(25,26)21(22,23)24;1-23(20,21)16(17,18)10-22-9-14(19)8-15-5-11-2-12(6-15)4-13(3-11)7-15/h2-15,26-28,32,38H,16-24H2,1H3;2-15H,1H3;11-14,19H,2-10H2,1H3. The topological polar surface area (TPSA) is 161 Å². The lowest BCUT2D eigenvalue weighted by Crippen LogP contribution is -2.50. The quantitative estimate of drug-likeness (QED) is 0.0494. The number of halogens is 7. The third-order valence-corrected chi connectivity index (χ3v) is 26.3. The minimum absolute atomic E-state index is 0.0392. The Hall–Kier alpha value is -5.48. The van der Waals surface area contributed by atoms with E-state index >= 15 is 8.78 Å². The number of aliphatic hydroxyl groups excluding tert-OH is 2. The lowest BCUT2D eigenvalue weighted by molar-refractivity contribution is -0.0949. The van der Waals surface area contributed by atoms with Crippen LogP contribution in [0.3, 0.4) is 0 Å². The van der Waals surface area contributed by atoms with E-state index in [0.29, 0.717) is 36.9 Å². The molecule has 8 fully saturated rings. The van der Waals surface area contributed by atoms with E-state index in [4.69, 9.17) is 9.47 Å². The van der Waals surface area contributed by atoms with E-state index < -0.39 is 80.4 Å². The van der Waals surface area contributed by atoms with Crippen LogP contribution in [0, 0.1) is 60.2 Å². The maximum Gasteiger partial charge on any atom is 0.498 e. The maximum absolute atomic E-state index is 16.2. The van der Waals surface area contributed by atoms with Gasteiger partial charge in [-0.3, -0.25) is 0 Å². The molecule has 6 aromatic rings. The van der Waals surface area contributed by atoms with Gasteiger partial charge in [0.1, 0.15) is 13.2 Å². The smallest absolute Gasteiger partial charge is 0.391 e. The fraction of sp³-hybridized carbons (Fsp3) is 0.500. The molecule has 8 saturated carbocycles. The van der Waals surface area contributed by atoms with Gasteiger partial charge in [0.05, 0.1) is 25.4 Å². The van der Waals surface area contributed by atoms with Crippen molar-refractivity contribution in [3.63, 3.8) is 0 Å². The van der Waals surface area contributed by atoms with Crippen molar-refractivity contribution in [2.75, 3.05) is 32.7 Å². The molecule has 0 amide bonds. The molecule has 8 aliphatic rings. The van der Waals surface area contributed by atoms with Crippen LogP contribution < -0.4 is 0 Å². The molecule has 2 unspecified atom stereocenters. The van der Waals surface area contributed by atoms with Gasteiger partial charge in [-0.05, 0) is 183 Å². The van der Waals surface area contributed by atoms with Crippen LogP contribution in [0.2, 0.25) is 0 Å². The SMILES string of the molecule is CS(=O)(=O)C(F)(F)COCC(O)CC12CC3CC(CC(C3)C1)C2.Cc1ccc(C(c2ccccc2)(c2ccccc2)S(=O)(=O)C(F)(F)COCC(O)CC23CC4CC(CC(C4)C2)C3)cc1.Cc1ccc(C(c2ccccc2)(c2ccccc2)S(=O)(=O)C(F)(F)F)cc1. The second kappa shape index (κ2) is 27.0. The van der Waals surface area contributed by atoms with Gasteiger partial charge in [-0.25, -0.2) is 25.3 Å². The van der Waals surface area contributed by atoms with E-state index in [1.165, 1.54) is 99.2 Å². The number of hydrogen-bond donors (Lipinski definition) is 2. The van der Waals surface area contributed by atoms with E-state index in [2.05, 4.69) is 0 Å². The molecule has 0 spiro atoms. The summed E-state index contributed by atoms with van der Waals surface area (Å²) in [4.78, 5) is 0. The molecule has 0 aromatic heterocycles. The van der Waals surface area contributed by atoms with Gasteiger partial charge < -0.3 is 19.7 Å². The lowest BCUT2D eigenvalue weighted by atomic mass is 9.48. The van der Waals surface area contributed by atoms with Crippen LogP contribution in [0.15, 0.2) is 170 Å². The summed E-state index contributed by atoms with van der Waals surface area (Å²) in [6.45, 7) is 0.579. The van der Waals surface area contributed by atoms with E-state index in [9.17, 15) is 57.4 Å². The number of aliphatic hydroxyl groups is 2. The molecule has 6 aromatic carbocycles. The van der Waals surface area contributed by atoms with Crippen LogP contribution in [0.25, 0.3) is 0 Å². The third kappa shape index (κ3) is 14.0. The zero-order valence-corrected chi connectivity index (χ0v) is 54.5. The Morgan fingerprint density at radius 3 is 0.913 bits per heavy atom. The molecule has 498 valence electrons. The Labute approximate surface area is 537 Å². The molecule has 0 saturated heterocycles. The maximum atomic E-state index is 16.2. The van der Waals surface area contributed by atoms with Crippen molar-refractivity contribution < 1.29 is 75.7 Å². The predicted molar refractivity (Wildman–Crippen MR) is 341 cm³/mol. The molecule has 2 N–H and O–H groups in total. The van der Waals surface area contributed by atoms with Gasteiger partial charge in [0.2, 0.25) is 19.7 Å². The Kier molecular flexibility index (Phi) is 20.3. The van der Waals surface area contributed by atoms with Crippen LogP contribution >= 0.6 is 0 Å². The largest absolute Gasteiger partial charge is 0.498 e. The number of benzene rings is 6. The fourth-order valence-corrected chi connectivity index (χ4v) is 21.6. The van der Waals surface area contributed by atoms with Crippen molar-refractivity contribution in [1.82, 2.24) is 0 Å². The zero-order chi connectivity index (χ0) is 66.2. The molecule has 10 nitrogen and oxygen atoms in total. The molecule has 0 heterocycles. The van der Waals surface area contributed by atoms with Crippen LogP contribution in [0.4, 0.5) is 30.7 Å². The van der Waals surface area contributed by atoms with Gasteiger partial charge in [0.25, 0.3) is 9.84 Å². The van der Waals surface area contributed by atoms with E-state index in [-0.39, 0.29) is 57.4 Å². The van der Waals surface area contributed by atoms with Crippen molar-refractivity contribution in [2.24, 2.45) is 46.3 Å². The summed E-state index contributed by atoms with van der Waals surface area (Å²) in [6, 6.07) is 44.3. The summed E-state index contributed by atoms with van der Waals surface area (Å²) in [5, 5.41) is 13.0. The summed E-state index contributed by atoms with van der Waals surface area (Å²) in [5.74, 6) is 4.44. The van der Waals surface area contributed by atoms with Crippen LogP contribution in [-0.4, -0.2) is 96.4 Å². The molecule has 2 atom stereocenters. The van der Waals surface area contributed by atoms with Crippen molar-refractivity contribution in [1.29, 1.82) is 0 Å². The average molecular weight is 1340 g/mol. The second-order valence-corrected chi connectivity index (χ2v) is 34.1. The molecule has 0 aliphatic heterocycles. The molecule has 20 heteroatoms. The highest BCUT2D eigenvalue weighted by atomic mass is 32.2. The van der Waals surface area contributed by atoms with Gasteiger partial charge in [-0.1, -0.05) is 181 Å². The highest BCUT2D eigenvalue weighted by Gasteiger charge is 2.63. The molecule has 14 rings (SSSR count). The molecule has 8 aliphatic carbocycles. The lowest BCUT2D eigenvalue weighted by Gasteiger charge is -2.57. The fourth-order valence-electron chi connectivity index (χ4n) is 17.6. The average Bonchev–Trinajstić information content (AvgIpc) is 0.719. The highest BCUT2D eigenvalue weighted by molar-refractivity contribution is 7.94. The minimum atomic E-state index is -5.67. The van der Waals surface area contributed by atoms with Gasteiger partial charge in [0.15, 0.2) is 9.49 Å². The molecule has 0 radical (unpaired) electrons. The molecular weight excluding hydrogens is 1250 g/mol. The van der Waals surface area contributed by atoms with Crippen molar-refractivity contribution >= 4 is 29.5 Å². The first kappa shape index (κ1) is 69.4. The molecular formula is C72H83F7O10S3. The minimum Gasteiger partial charge on any atom is -0.391 e. The Morgan fingerprint density at radius 1 is 0.402 bits per heavy atom. The van der Waals surface area contributed by atoms with Crippen LogP contribution in [0.1, 0.15) is 134 Å². The van der Waals surface area contributed by atoms with Gasteiger partial charge >= 0.3 is 16.0 Å². The highest BCUT2D eigenvalue weighted by Crippen LogP contribution is 2.63. The first-order valence-corrected chi connectivity index (χ1v) is 36.6. The molecule has 92 heavy (non-hydrogen) atoms. The van der Waals surface area contributed by atoms with Crippen molar-refractivity contribution in [3.05, 3.63) is 214 Å². The number of ether oxygens (including phenoxy) is 2. The van der Waals surface area contributed by atoms with Gasteiger partial charge in [0, 0.05) is 6.26 Å². The Morgan fingerprint density at radius 2 is 0.652 bits per heavy atom. The Bertz CT molecular complexity index is 3630. The monoisotopic (exact) mass is 1340 g/mol. The van der Waals surface area contributed by atoms with Crippen molar-refractivity contribution in [2.45, 2.75) is 141 Å². The number of sulfone groups is 3. The van der Waals surface area contributed by atoms with Crippen molar-refractivity contribution in [3.8, 4) is 0 Å². The number of aryl methyl sites for hydroxylation is 2. The normalized spacial score (nSPS) is 25.3. The van der Waals surface area contributed by atoms with Crippen LogP contribution in [-0.2, 0) is 48.5 Å². The van der Waals surface area contributed by atoms with Gasteiger partial charge in [-0.2, -0.15) is 30.7 Å². The van der Waals surface area contributed by atoms with Gasteiger partial charge in [-0.15, -0.1) is 0 Å². The summed E-state index contributed by atoms with van der Waals surface area (Å²) in [6.07, 6.45) is 14.3. The summed E-state index contributed by atoms with van der Waals surface area (Å²) >= 11 is 0. The number of hydrogen-bond acceptors (Lipinski definition) is 10. The van der Waals surface area contributed by atoms with Crippen LogP contribution in [0.5, 0.6) is 0 Å². The van der Waals surface area contributed by atoms with E-state index in [0.717, 1.165) is 67.4 Å². The number of rotatable bonds is 22. The first-order chi connectivity index (χ1) is 43.3.